The molecule has 28 heavy (non-hydrogen) atoms. The van der Waals surface area contributed by atoms with Crippen LogP contribution >= 0.6 is 11.3 Å². The van der Waals surface area contributed by atoms with Crippen molar-refractivity contribution in [2.45, 2.75) is 19.9 Å². The van der Waals surface area contributed by atoms with Gasteiger partial charge in [0, 0.05) is 24.0 Å². The molecule has 1 N–H and O–H groups in total. The van der Waals surface area contributed by atoms with Gasteiger partial charge in [-0.05, 0) is 33.0 Å². The predicted molar refractivity (Wildman–Crippen MR) is 113 cm³/mol. The number of nitrogens with zero attached hydrogens (tertiary/aromatic N) is 4. The maximum Gasteiger partial charge on any atom is 0.311 e. The molecule has 0 saturated carbocycles. The van der Waals surface area contributed by atoms with E-state index in [1.54, 1.807) is 11.3 Å². The molecule has 2 aromatic heterocycles. The number of fused-ring (bicyclic) bond motifs is 1. The first-order chi connectivity index (χ1) is 13.4. The van der Waals surface area contributed by atoms with Crippen LogP contribution in [0, 0.1) is 5.41 Å². The molecule has 1 saturated heterocycles. The van der Waals surface area contributed by atoms with Crippen molar-refractivity contribution in [2.24, 2.45) is 5.41 Å². The van der Waals surface area contributed by atoms with Gasteiger partial charge in [0.1, 0.15) is 16.5 Å². The Morgan fingerprint density at radius 3 is 2.68 bits per heavy atom. The van der Waals surface area contributed by atoms with Gasteiger partial charge in [-0.15, -0.1) is 11.3 Å². The number of rotatable bonds is 5. The molecule has 1 aliphatic rings. The quantitative estimate of drug-likeness (QED) is 0.709. The lowest BCUT2D eigenvalue weighted by Crippen LogP contribution is -2.32. The van der Waals surface area contributed by atoms with E-state index in [2.05, 4.69) is 22.4 Å². The Morgan fingerprint density at radius 2 is 2.04 bits per heavy atom. The van der Waals surface area contributed by atoms with Gasteiger partial charge in [-0.25, -0.2) is 9.97 Å². The van der Waals surface area contributed by atoms with Crippen molar-refractivity contribution in [3.63, 3.8) is 0 Å². The molecule has 1 unspecified atom stereocenters. The Morgan fingerprint density at radius 1 is 1.29 bits per heavy atom. The van der Waals surface area contributed by atoms with Gasteiger partial charge in [-0.1, -0.05) is 30.3 Å². The van der Waals surface area contributed by atoms with Crippen molar-refractivity contribution in [1.82, 2.24) is 14.9 Å². The normalized spacial score (nSPS) is 19.6. The van der Waals surface area contributed by atoms with Crippen LogP contribution in [-0.2, 0) is 11.3 Å². The second-order valence-electron chi connectivity index (χ2n) is 7.93. The van der Waals surface area contributed by atoms with Crippen molar-refractivity contribution in [3.05, 3.63) is 41.5 Å². The molecule has 0 amide bonds. The lowest BCUT2D eigenvalue weighted by atomic mass is 9.90. The summed E-state index contributed by atoms with van der Waals surface area (Å²) in [4.78, 5) is 26.5. The van der Waals surface area contributed by atoms with Gasteiger partial charge in [-0.3, -0.25) is 4.79 Å². The maximum atomic E-state index is 11.8. The molecule has 4 rings (SSSR count). The first-order valence-electron chi connectivity index (χ1n) is 9.34. The standard InChI is InChI=1S/C21H24N4O2S/c1-21(20(26)27)9-10-25(13-21)18-17-15(14-7-5-4-6-8-14)12-28-19(17)23-16(22-18)11-24(2)3/h4-8,12H,9-11,13H2,1-3H3,(H,26,27). The van der Waals surface area contributed by atoms with E-state index in [-0.39, 0.29) is 0 Å². The SMILES string of the molecule is CN(C)Cc1nc(N2CCC(C)(C(=O)O)C2)c2c(-c3ccccc3)csc2n1. The van der Waals surface area contributed by atoms with Crippen molar-refractivity contribution in [3.8, 4) is 11.1 Å². The zero-order valence-electron chi connectivity index (χ0n) is 16.3. The van der Waals surface area contributed by atoms with Crippen LogP contribution in [-0.4, -0.2) is 53.1 Å². The second kappa shape index (κ2) is 7.14. The largest absolute Gasteiger partial charge is 0.481 e. The predicted octanol–water partition coefficient (Wildman–Crippen LogP) is 3.72. The van der Waals surface area contributed by atoms with E-state index in [0.29, 0.717) is 26.1 Å². The number of aromatic nitrogens is 2. The molecular formula is C21H24N4O2S. The van der Waals surface area contributed by atoms with Crippen molar-refractivity contribution in [1.29, 1.82) is 0 Å². The van der Waals surface area contributed by atoms with E-state index in [9.17, 15) is 9.90 Å². The summed E-state index contributed by atoms with van der Waals surface area (Å²) in [5.41, 5.74) is 1.48. The van der Waals surface area contributed by atoms with Crippen LogP contribution < -0.4 is 4.90 Å². The topological polar surface area (TPSA) is 69.6 Å². The third-order valence-corrected chi connectivity index (χ3v) is 6.16. The van der Waals surface area contributed by atoms with Crippen LogP contribution in [0.5, 0.6) is 0 Å². The molecule has 3 heterocycles. The first-order valence-corrected chi connectivity index (χ1v) is 10.2. The molecule has 0 spiro atoms. The van der Waals surface area contributed by atoms with Gasteiger partial charge in [-0.2, -0.15) is 0 Å². The fourth-order valence-electron chi connectivity index (χ4n) is 3.70. The summed E-state index contributed by atoms with van der Waals surface area (Å²) in [5.74, 6) is 0.868. The van der Waals surface area contributed by atoms with Crippen LogP contribution in [0.3, 0.4) is 0 Å². The number of carboxylic acid groups (broad SMARTS) is 1. The minimum Gasteiger partial charge on any atom is -0.481 e. The van der Waals surface area contributed by atoms with Crippen LogP contribution in [0.2, 0.25) is 0 Å². The molecule has 0 aliphatic carbocycles. The van der Waals surface area contributed by atoms with E-state index in [1.165, 1.54) is 0 Å². The fraction of sp³-hybridized carbons (Fsp3) is 0.381. The van der Waals surface area contributed by atoms with Crippen LogP contribution in [0.15, 0.2) is 35.7 Å². The fourth-order valence-corrected chi connectivity index (χ4v) is 4.66. The highest BCUT2D eigenvalue weighted by molar-refractivity contribution is 7.17. The number of benzene rings is 1. The maximum absolute atomic E-state index is 11.8. The van der Waals surface area contributed by atoms with Gasteiger partial charge in [0.15, 0.2) is 0 Å². The molecule has 0 bridgehead atoms. The third-order valence-electron chi connectivity index (χ3n) is 5.29. The number of carboxylic acids is 1. The Labute approximate surface area is 168 Å². The Bertz CT molecular complexity index is 1020. The monoisotopic (exact) mass is 396 g/mol. The summed E-state index contributed by atoms with van der Waals surface area (Å²) in [6.07, 6.45) is 0.613. The second-order valence-corrected chi connectivity index (χ2v) is 8.79. The number of aliphatic carboxylic acids is 1. The van der Waals surface area contributed by atoms with E-state index < -0.39 is 11.4 Å². The molecule has 3 aromatic rings. The van der Waals surface area contributed by atoms with E-state index in [4.69, 9.17) is 9.97 Å². The average Bonchev–Trinajstić information content (AvgIpc) is 3.26. The van der Waals surface area contributed by atoms with Gasteiger partial charge >= 0.3 is 5.97 Å². The average molecular weight is 397 g/mol. The van der Waals surface area contributed by atoms with Gasteiger partial charge in [0.2, 0.25) is 0 Å². The smallest absolute Gasteiger partial charge is 0.311 e. The van der Waals surface area contributed by atoms with Crippen LogP contribution in [0.25, 0.3) is 21.3 Å². The van der Waals surface area contributed by atoms with Crippen molar-refractivity contribution in [2.75, 3.05) is 32.1 Å². The highest BCUT2D eigenvalue weighted by Crippen LogP contribution is 2.41. The third kappa shape index (κ3) is 3.36. The molecule has 7 heteroatoms. The summed E-state index contributed by atoms with van der Waals surface area (Å²) in [6, 6.07) is 10.2. The number of thiophene rings is 1. The molecule has 6 nitrogen and oxygen atoms in total. The molecular weight excluding hydrogens is 372 g/mol. The first kappa shape index (κ1) is 18.8. The summed E-state index contributed by atoms with van der Waals surface area (Å²) in [7, 11) is 3.99. The molecule has 1 aromatic carbocycles. The number of anilines is 1. The zero-order chi connectivity index (χ0) is 19.9. The molecule has 1 fully saturated rings. The van der Waals surface area contributed by atoms with Gasteiger partial charge in [0.25, 0.3) is 0 Å². The minimum absolute atomic E-state index is 0.458. The van der Waals surface area contributed by atoms with Crippen molar-refractivity contribution < 1.29 is 9.90 Å². The molecule has 1 atom stereocenters. The van der Waals surface area contributed by atoms with E-state index in [0.717, 1.165) is 33.0 Å². The van der Waals surface area contributed by atoms with Crippen molar-refractivity contribution >= 4 is 33.3 Å². The van der Waals surface area contributed by atoms with E-state index in [1.807, 2.05) is 44.1 Å². The Kier molecular flexibility index (Phi) is 4.81. The zero-order valence-corrected chi connectivity index (χ0v) is 17.2. The summed E-state index contributed by atoms with van der Waals surface area (Å²) in [6.45, 7) is 3.60. The summed E-state index contributed by atoms with van der Waals surface area (Å²) >= 11 is 1.62. The molecule has 1 aliphatic heterocycles. The summed E-state index contributed by atoms with van der Waals surface area (Å²) < 4.78 is 0. The number of hydrogen-bond donors (Lipinski definition) is 1. The van der Waals surface area contributed by atoms with Gasteiger partial charge < -0.3 is 14.9 Å². The Hall–Kier alpha value is -2.51. The lowest BCUT2D eigenvalue weighted by Gasteiger charge is -2.23. The van der Waals surface area contributed by atoms with Crippen LogP contribution in [0.1, 0.15) is 19.2 Å². The minimum atomic E-state index is -0.748. The molecule has 0 radical (unpaired) electrons. The lowest BCUT2D eigenvalue weighted by molar-refractivity contribution is -0.146. The van der Waals surface area contributed by atoms with E-state index >= 15 is 0 Å². The molecule has 146 valence electrons. The highest BCUT2D eigenvalue weighted by Gasteiger charge is 2.41. The number of carbonyl (C=O) groups is 1. The highest BCUT2D eigenvalue weighted by atomic mass is 32.1. The number of hydrogen-bond acceptors (Lipinski definition) is 6. The van der Waals surface area contributed by atoms with Gasteiger partial charge in [0.05, 0.1) is 17.3 Å². The Balaban J connectivity index is 1.87. The van der Waals surface area contributed by atoms with Crippen LogP contribution in [0.4, 0.5) is 5.82 Å². The summed E-state index contributed by atoms with van der Waals surface area (Å²) in [5, 5.41) is 12.8.